The highest BCUT2D eigenvalue weighted by Crippen LogP contribution is 2.18. The van der Waals surface area contributed by atoms with E-state index in [1.807, 2.05) is 7.05 Å². The lowest BCUT2D eigenvalue weighted by molar-refractivity contribution is 0.170. The van der Waals surface area contributed by atoms with Crippen molar-refractivity contribution in [1.82, 2.24) is 10.2 Å². The van der Waals surface area contributed by atoms with Crippen molar-refractivity contribution in [3.8, 4) is 0 Å². The normalized spacial score (nSPS) is 25.9. The Morgan fingerprint density at radius 2 is 2.12 bits per heavy atom. The van der Waals surface area contributed by atoms with E-state index in [4.69, 9.17) is 4.74 Å². The van der Waals surface area contributed by atoms with Crippen LogP contribution in [0.15, 0.2) is 0 Å². The molecule has 1 aliphatic heterocycles. The largest absolute Gasteiger partial charge is 0.381 e. The second kappa shape index (κ2) is 5.53. The number of carbonyl (C=O) groups excluding carboxylic acids is 1. The Hall–Kier alpha value is -0.770. The fraction of sp³-hybridized carbons (Fsp3) is 0.917. The van der Waals surface area contributed by atoms with E-state index in [2.05, 4.69) is 5.32 Å². The number of rotatable bonds is 3. The van der Waals surface area contributed by atoms with Gasteiger partial charge in [0.1, 0.15) is 0 Å². The minimum Gasteiger partial charge on any atom is -0.381 e. The van der Waals surface area contributed by atoms with Crippen molar-refractivity contribution < 1.29 is 9.53 Å². The molecule has 1 atom stereocenters. The predicted molar refractivity (Wildman–Crippen MR) is 62.3 cm³/mol. The first-order valence-corrected chi connectivity index (χ1v) is 6.35. The smallest absolute Gasteiger partial charge is 0.317 e. The molecule has 2 fully saturated rings. The van der Waals surface area contributed by atoms with Gasteiger partial charge in [0.2, 0.25) is 0 Å². The van der Waals surface area contributed by atoms with Gasteiger partial charge in [0.05, 0.1) is 6.61 Å². The van der Waals surface area contributed by atoms with E-state index in [1.54, 1.807) is 4.90 Å². The van der Waals surface area contributed by atoms with E-state index in [9.17, 15) is 4.79 Å². The summed E-state index contributed by atoms with van der Waals surface area (Å²) in [6.07, 6.45) is 5.88. The highest BCUT2D eigenvalue weighted by molar-refractivity contribution is 5.74. The molecule has 1 heterocycles. The van der Waals surface area contributed by atoms with E-state index >= 15 is 0 Å². The lowest BCUT2D eigenvalue weighted by Gasteiger charge is -2.23. The van der Waals surface area contributed by atoms with Gasteiger partial charge >= 0.3 is 6.03 Å². The molecule has 4 nitrogen and oxygen atoms in total. The Morgan fingerprint density at radius 3 is 2.75 bits per heavy atom. The molecule has 16 heavy (non-hydrogen) atoms. The number of carbonyl (C=O) groups is 1. The molecule has 0 aromatic rings. The van der Waals surface area contributed by atoms with E-state index in [-0.39, 0.29) is 6.03 Å². The fourth-order valence-corrected chi connectivity index (χ4v) is 2.55. The number of nitrogens with zero attached hydrogens (tertiary/aromatic N) is 1. The number of urea groups is 1. The maximum absolute atomic E-state index is 11.9. The predicted octanol–water partition coefficient (Wildman–Crippen LogP) is 1.61. The molecule has 0 bridgehead atoms. The van der Waals surface area contributed by atoms with Crippen molar-refractivity contribution in [3.63, 3.8) is 0 Å². The fourth-order valence-electron chi connectivity index (χ4n) is 2.55. The van der Waals surface area contributed by atoms with Crippen LogP contribution in [0.3, 0.4) is 0 Å². The van der Waals surface area contributed by atoms with Gasteiger partial charge in [-0.1, -0.05) is 12.8 Å². The highest BCUT2D eigenvalue weighted by atomic mass is 16.5. The first-order chi connectivity index (χ1) is 7.75. The number of hydrogen-bond acceptors (Lipinski definition) is 2. The first kappa shape index (κ1) is 11.7. The van der Waals surface area contributed by atoms with Crippen molar-refractivity contribution in [3.05, 3.63) is 0 Å². The van der Waals surface area contributed by atoms with Gasteiger partial charge in [-0.25, -0.2) is 4.79 Å². The number of amides is 2. The zero-order valence-electron chi connectivity index (χ0n) is 10.1. The number of ether oxygens (including phenoxy) is 1. The van der Waals surface area contributed by atoms with Crippen molar-refractivity contribution in [2.45, 2.75) is 38.1 Å². The molecule has 0 radical (unpaired) electrons. The summed E-state index contributed by atoms with van der Waals surface area (Å²) >= 11 is 0. The van der Waals surface area contributed by atoms with Gasteiger partial charge in [-0.05, 0) is 19.3 Å². The standard InChI is InChI=1S/C12H22N2O2/c1-14(8-10-6-7-16-9-10)12(15)13-11-4-2-3-5-11/h10-11H,2-9H2,1H3,(H,13,15). The lowest BCUT2D eigenvalue weighted by Crippen LogP contribution is -2.43. The Kier molecular flexibility index (Phi) is 4.04. The molecular formula is C12H22N2O2. The molecule has 2 aliphatic rings. The van der Waals surface area contributed by atoms with E-state index < -0.39 is 0 Å². The second-order valence-corrected chi connectivity index (χ2v) is 5.04. The van der Waals surface area contributed by atoms with Crippen LogP contribution in [0.5, 0.6) is 0 Å². The molecule has 0 spiro atoms. The lowest BCUT2D eigenvalue weighted by atomic mass is 10.1. The molecule has 0 aromatic carbocycles. The molecule has 1 unspecified atom stereocenters. The van der Waals surface area contributed by atoms with E-state index in [0.29, 0.717) is 12.0 Å². The summed E-state index contributed by atoms with van der Waals surface area (Å²) in [6.45, 7) is 2.47. The molecule has 92 valence electrons. The molecule has 1 saturated carbocycles. The summed E-state index contributed by atoms with van der Waals surface area (Å²) in [5, 5.41) is 3.10. The monoisotopic (exact) mass is 226 g/mol. The summed E-state index contributed by atoms with van der Waals surface area (Å²) in [4.78, 5) is 13.7. The van der Waals surface area contributed by atoms with Gasteiger partial charge in [-0.15, -0.1) is 0 Å². The summed E-state index contributed by atoms with van der Waals surface area (Å²) in [5.74, 6) is 0.527. The van der Waals surface area contributed by atoms with Gasteiger partial charge < -0.3 is 15.0 Å². The van der Waals surface area contributed by atoms with Crippen LogP contribution in [0.1, 0.15) is 32.1 Å². The average Bonchev–Trinajstić information content (AvgIpc) is 2.90. The van der Waals surface area contributed by atoms with Crippen LogP contribution in [-0.4, -0.2) is 43.8 Å². The summed E-state index contributed by atoms with van der Waals surface area (Å²) in [7, 11) is 1.88. The van der Waals surface area contributed by atoms with Crippen molar-refractivity contribution >= 4 is 6.03 Å². The summed E-state index contributed by atoms with van der Waals surface area (Å²) < 4.78 is 5.31. The van der Waals surface area contributed by atoms with Gasteiger partial charge in [-0.2, -0.15) is 0 Å². The van der Waals surface area contributed by atoms with E-state index in [0.717, 1.165) is 39.0 Å². The molecule has 4 heteroatoms. The summed E-state index contributed by atoms with van der Waals surface area (Å²) in [5.41, 5.74) is 0. The molecule has 2 amide bonds. The highest BCUT2D eigenvalue weighted by Gasteiger charge is 2.22. The minimum atomic E-state index is 0.0822. The Labute approximate surface area is 97.3 Å². The topological polar surface area (TPSA) is 41.6 Å². The third-order valence-corrected chi connectivity index (χ3v) is 3.59. The van der Waals surface area contributed by atoms with Crippen LogP contribution in [0.2, 0.25) is 0 Å². The SMILES string of the molecule is CN(CC1CCOC1)C(=O)NC1CCCC1. The van der Waals surface area contributed by atoms with Crippen LogP contribution < -0.4 is 5.32 Å². The number of hydrogen-bond donors (Lipinski definition) is 1. The molecule has 1 N–H and O–H groups in total. The van der Waals surface area contributed by atoms with Crippen molar-refractivity contribution in [1.29, 1.82) is 0 Å². The van der Waals surface area contributed by atoms with Crippen LogP contribution in [-0.2, 0) is 4.74 Å². The third kappa shape index (κ3) is 3.11. The zero-order chi connectivity index (χ0) is 11.4. The Morgan fingerprint density at radius 1 is 1.38 bits per heavy atom. The van der Waals surface area contributed by atoms with Crippen molar-refractivity contribution in [2.75, 3.05) is 26.8 Å². The number of nitrogens with one attached hydrogen (secondary N) is 1. The maximum atomic E-state index is 11.9. The average molecular weight is 226 g/mol. The molecule has 1 saturated heterocycles. The first-order valence-electron chi connectivity index (χ1n) is 6.35. The van der Waals surface area contributed by atoms with Crippen LogP contribution in [0, 0.1) is 5.92 Å². The third-order valence-electron chi connectivity index (χ3n) is 3.59. The zero-order valence-corrected chi connectivity index (χ0v) is 10.1. The Balaban J connectivity index is 1.70. The second-order valence-electron chi connectivity index (χ2n) is 5.04. The van der Waals surface area contributed by atoms with Gasteiger partial charge in [0, 0.05) is 32.2 Å². The molecular weight excluding hydrogens is 204 g/mol. The van der Waals surface area contributed by atoms with Crippen LogP contribution in [0.4, 0.5) is 4.79 Å². The molecule has 1 aliphatic carbocycles. The van der Waals surface area contributed by atoms with Gasteiger partial charge in [0.15, 0.2) is 0 Å². The van der Waals surface area contributed by atoms with E-state index in [1.165, 1.54) is 12.8 Å². The van der Waals surface area contributed by atoms with Gasteiger partial charge in [0.25, 0.3) is 0 Å². The summed E-state index contributed by atoms with van der Waals surface area (Å²) in [6, 6.07) is 0.494. The van der Waals surface area contributed by atoms with Crippen LogP contribution in [0.25, 0.3) is 0 Å². The molecule has 0 aromatic heterocycles. The Bertz CT molecular complexity index is 233. The van der Waals surface area contributed by atoms with Crippen LogP contribution >= 0.6 is 0 Å². The molecule has 2 rings (SSSR count). The maximum Gasteiger partial charge on any atom is 0.317 e. The van der Waals surface area contributed by atoms with Crippen molar-refractivity contribution in [2.24, 2.45) is 5.92 Å². The quantitative estimate of drug-likeness (QED) is 0.794. The minimum absolute atomic E-state index is 0.0822. The van der Waals surface area contributed by atoms with Gasteiger partial charge in [-0.3, -0.25) is 0 Å².